The van der Waals surface area contributed by atoms with E-state index >= 15 is 0 Å². The lowest BCUT2D eigenvalue weighted by molar-refractivity contribution is 0.575. The van der Waals surface area contributed by atoms with Gasteiger partial charge in [-0.2, -0.15) is 0 Å². The fourth-order valence-electron chi connectivity index (χ4n) is 0.853. The Bertz CT molecular complexity index is 119. The molecule has 0 aliphatic carbocycles. The number of hydrogen-bond donors (Lipinski definition) is 1. The van der Waals surface area contributed by atoms with Crippen LogP contribution in [0, 0.1) is 0 Å². The molecule has 3 heteroatoms. The molecule has 2 nitrogen and oxygen atoms in total. The first-order valence-corrected chi connectivity index (χ1v) is 6.32. The second kappa shape index (κ2) is 4.92. The molecule has 62 valence electrons. The summed E-state index contributed by atoms with van der Waals surface area (Å²) in [6.07, 6.45) is 5.37. The van der Waals surface area contributed by atoms with Gasteiger partial charge in [0.05, 0.1) is 0 Å². The summed E-state index contributed by atoms with van der Waals surface area (Å²) in [5, 5.41) is 0. The summed E-state index contributed by atoms with van der Waals surface area (Å²) in [6, 6.07) is 0. The molecule has 10 heavy (non-hydrogen) atoms. The molecule has 0 fully saturated rings. The van der Waals surface area contributed by atoms with Crippen LogP contribution in [0.2, 0.25) is 0 Å². The summed E-state index contributed by atoms with van der Waals surface area (Å²) in [6.45, 7) is 3.81. The van der Waals surface area contributed by atoms with E-state index < -0.39 is 7.29 Å². The molecule has 0 radical (unpaired) electrons. The number of rotatable bonds is 5. The van der Waals surface area contributed by atoms with Crippen molar-refractivity contribution >= 4 is 7.29 Å². The van der Waals surface area contributed by atoms with E-state index in [4.69, 9.17) is 5.50 Å². The molecule has 0 amide bonds. The van der Waals surface area contributed by atoms with Crippen molar-refractivity contribution in [1.82, 2.24) is 0 Å². The van der Waals surface area contributed by atoms with Crippen molar-refractivity contribution < 1.29 is 4.57 Å². The average Bonchev–Trinajstić information content (AvgIpc) is 1.78. The van der Waals surface area contributed by atoms with E-state index in [1.165, 1.54) is 19.3 Å². The fraction of sp³-hybridized carbons (Fsp3) is 1.00. The molecule has 0 aromatic carbocycles. The number of hydrogen-bond acceptors (Lipinski definition) is 1. The van der Waals surface area contributed by atoms with Gasteiger partial charge in [0.2, 0.25) is 0 Å². The molecule has 0 spiro atoms. The van der Waals surface area contributed by atoms with E-state index in [1.807, 2.05) is 0 Å². The van der Waals surface area contributed by atoms with Gasteiger partial charge >= 0.3 is 0 Å². The Morgan fingerprint density at radius 3 is 2.30 bits per heavy atom. The predicted molar refractivity (Wildman–Crippen MR) is 46.7 cm³/mol. The lowest BCUT2D eigenvalue weighted by Gasteiger charge is -2.04. The topological polar surface area (TPSA) is 43.1 Å². The first-order valence-electron chi connectivity index (χ1n) is 3.91. The van der Waals surface area contributed by atoms with Crippen molar-refractivity contribution in [2.45, 2.75) is 32.6 Å². The summed E-state index contributed by atoms with van der Waals surface area (Å²) in [7, 11) is -2.21. The van der Waals surface area contributed by atoms with Crippen molar-refractivity contribution in [3.05, 3.63) is 0 Å². The average molecular weight is 163 g/mol. The van der Waals surface area contributed by atoms with E-state index in [-0.39, 0.29) is 0 Å². The molecule has 0 aliphatic rings. The lowest BCUT2D eigenvalue weighted by Crippen LogP contribution is -1.97. The molecule has 0 aliphatic heterocycles. The summed E-state index contributed by atoms with van der Waals surface area (Å²) in [4.78, 5) is 0. The molecule has 2 N–H and O–H groups in total. The smallest absolute Gasteiger partial charge is 0.142 e. The van der Waals surface area contributed by atoms with Gasteiger partial charge in [-0.25, -0.2) is 0 Å². The fourth-order valence-corrected chi connectivity index (χ4v) is 1.70. The first-order chi connectivity index (χ1) is 4.56. The molecule has 0 heterocycles. The van der Waals surface area contributed by atoms with E-state index in [9.17, 15) is 4.57 Å². The minimum absolute atomic E-state index is 0.715. The van der Waals surface area contributed by atoms with Gasteiger partial charge in [0.15, 0.2) is 0 Å². The standard InChI is InChI=1S/C7H18NOP/c1-3-4-5-6-7-10(2,8)9/h3-7H2,1-2H3,(H2,8,9). The SMILES string of the molecule is CCCCCCP(C)(N)=O. The maximum Gasteiger partial charge on any atom is 0.142 e. The highest BCUT2D eigenvalue weighted by Gasteiger charge is 2.05. The predicted octanol–water partition coefficient (Wildman–Crippen LogP) is 2.43. The van der Waals surface area contributed by atoms with Crippen LogP contribution in [-0.2, 0) is 4.57 Å². The minimum atomic E-state index is -2.21. The van der Waals surface area contributed by atoms with Crippen LogP contribution in [0.5, 0.6) is 0 Å². The van der Waals surface area contributed by atoms with Gasteiger partial charge in [-0.1, -0.05) is 26.2 Å². The Morgan fingerprint density at radius 1 is 1.30 bits per heavy atom. The Labute approximate surface area is 63.6 Å². The monoisotopic (exact) mass is 163 g/mol. The van der Waals surface area contributed by atoms with Gasteiger partial charge in [0, 0.05) is 12.8 Å². The molecule has 0 saturated heterocycles. The normalized spacial score (nSPS) is 16.7. The molecule has 1 atom stereocenters. The third-order valence-electron chi connectivity index (χ3n) is 1.46. The van der Waals surface area contributed by atoms with Crippen LogP contribution in [0.3, 0.4) is 0 Å². The van der Waals surface area contributed by atoms with E-state index in [1.54, 1.807) is 6.66 Å². The van der Waals surface area contributed by atoms with Crippen LogP contribution in [0.4, 0.5) is 0 Å². The van der Waals surface area contributed by atoms with Crippen molar-refractivity contribution in [3.63, 3.8) is 0 Å². The first kappa shape index (κ1) is 10.2. The van der Waals surface area contributed by atoms with Gasteiger partial charge in [-0.15, -0.1) is 0 Å². The molecule has 0 bridgehead atoms. The van der Waals surface area contributed by atoms with Crippen LogP contribution in [0.25, 0.3) is 0 Å². The summed E-state index contributed by atoms with van der Waals surface area (Å²) in [5.41, 5.74) is 5.37. The van der Waals surface area contributed by atoms with E-state index in [2.05, 4.69) is 6.92 Å². The summed E-state index contributed by atoms with van der Waals surface area (Å²) >= 11 is 0. The second-order valence-electron chi connectivity index (χ2n) is 2.96. The zero-order valence-electron chi connectivity index (χ0n) is 6.97. The van der Waals surface area contributed by atoms with Gasteiger partial charge in [0.25, 0.3) is 0 Å². The zero-order valence-corrected chi connectivity index (χ0v) is 7.86. The van der Waals surface area contributed by atoms with Gasteiger partial charge in [-0.3, -0.25) is 5.50 Å². The Kier molecular flexibility index (Phi) is 5.02. The highest BCUT2D eigenvalue weighted by atomic mass is 31.2. The summed E-state index contributed by atoms with van der Waals surface area (Å²) < 4.78 is 11.0. The summed E-state index contributed by atoms with van der Waals surface area (Å²) in [5.74, 6) is 0. The van der Waals surface area contributed by atoms with Crippen LogP contribution < -0.4 is 5.50 Å². The quantitative estimate of drug-likeness (QED) is 0.499. The van der Waals surface area contributed by atoms with E-state index in [0.29, 0.717) is 6.16 Å². The van der Waals surface area contributed by atoms with Crippen molar-refractivity contribution in [1.29, 1.82) is 0 Å². The van der Waals surface area contributed by atoms with Crippen LogP contribution >= 0.6 is 7.29 Å². The molecular weight excluding hydrogens is 145 g/mol. The van der Waals surface area contributed by atoms with Gasteiger partial charge < -0.3 is 4.57 Å². The molecule has 0 aromatic heterocycles. The molecule has 0 rings (SSSR count). The highest BCUT2D eigenvalue weighted by Crippen LogP contribution is 2.31. The third kappa shape index (κ3) is 8.19. The van der Waals surface area contributed by atoms with Gasteiger partial charge in [0.1, 0.15) is 7.29 Å². The van der Waals surface area contributed by atoms with Crippen molar-refractivity contribution in [2.24, 2.45) is 5.50 Å². The zero-order chi connectivity index (χ0) is 8.04. The van der Waals surface area contributed by atoms with Crippen molar-refractivity contribution in [2.75, 3.05) is 12.8 Å². The van der Waals surface area contributed by atoms with E-state index in [0.717, 1.165) is 6.42 Å². The Hall–Kier alpha value is 0.190. The largest absolute Gasteiger partial charge is 0.307 e. The lowest BCUT2D eigenvalue weighted by atomic mass is 10.2. The second-order valence-corrected chi connectivity index (χ2v) is 5.75. The minimum Gasteiger partial charge on any atom is -0.307 e. The maximum atomic E-state index is 11.0. The molecule has 0 aromatic rings. The van der Waals surface area contributed by atoms with Crippen LogP contribution in [0.15, 0.2) is 0 Å². The Balaban J connectivity index is 3.13. The van der Waals surface area contributed by atoms with Crippen LogP contribution in [0.1, 0.15) is 32.6 Å². The molecule has 1 unspecified atom stereocenters. The molecule has 0 saturated carbocycles. The Morgan fingerprint density at radius 2 is 1.90 bits per heavy atom. The van der Waals surface area contributed by atoms with Crippen LogP contribution in [-0.4, -0.2) is 12.8 Å². The highest BCUT2D eigenvalue weighted by molar-refractivity contribution is 7.60. The third-order valence-corrected chi connectivity index (χ3v) is 2.66. The maximum absolute atomic E-state index is 11.0. The van der Waals surface area contributed by atoms with Gasteiger partial charge in [-0.05, 0) is 6.42 Å². The molecular formula is C7H18NOP. The van der Waals surface area contributed by atoms with Crippen molar-refractivity contribution in [3.8, 4) is 0 Å². The number of nitrogens with two attached hydrogens (primary N) is 1. The number of unbranched alkanes of at least 4 members (excludes halogenated alkanes) is 3.